The number of benzene rings is 2. The fourth-order valence-corrected chi connectivity index (χ4v) is 2.40. The van der Waals surface area contributed by atoms with Crippen LogP contribution in [0, 0.1) is 0 Å². The van der Waals surface area contributed by atoms with Crippen LogP contribution in [-0.2, 0) is 6.18 Å². The highest BCUT2D eigenvalue weighted by molar-refractivity contribution is 6.06. The lowest BCUT2D eigenvalue weighted by molar-refractivity contribution is -0.137. The largest absolute Gasteiger partial charge is 0.459 e. The highest BCUT2D eigenvalue weighted by Gasteiger charge is 2.34. The van der Waals surface area contributed by atoms with Gasteiger partial charge in [0.1, 0.15) is 0 Å². The Morgan fingerprint density at radius 2 is 1.48 bits per heavy atom. The minimum Gasteiger partial charge on any atom is -0.459 e. The van der Waals surface area contributed by atoms with Crippen molar-refractivity contribution in [1.82, 2.24) is 0 Å². The summed E-state index contributed by atoms with van der Waals surface area (Å²) in [7, 11) is 0. The van der Waals surface area contributed by atoms with Crippen molar-refractivity contribution in [3.63, 3.8) is 0 Å². The summed E-state index contributed by atoms with van der Waals surface area (Å²) in [6.45, 7) is 0. The standard InChI is InChI=1S/C19H13F3N2O3/c20-19(21,22)15-8-2-1-7-14(15)17(25)23-12-5-3-6-13(11-12)24-18(26)16-9-4-10-27-16/h1-11H,(H,23,25)(H,24,26). The zero-order valence-electron chi connectivity index (χ0n) is 13.7. The molecule has 0 aliphatic carbocycles. The Kier molecular flexibility index (Phi) is 4.98. The van der Waals surface area contributed by atoms with Crippen molar-refractivity contribution < 1.29 is 27.2 Å². The Balaban J connectivity index is 1.77. The summed E-state index contributed by atoms with van der Waals surface area (Å²) in [5, 5.41) is 4.97. The SMILES string of the molecule is O=C(Nc1cccc(NC(=O)c2ccccc2C(F)(F)F)c1)c1ccco1. The first-order valence-electron chi connectivity index (χ1n) is 7.77. The number of furan rings is 1. The maximum Gasteiger partial charge on any atom is 0.417 e. The Labute approximate surface area is 151 Å². The van der Waals surface area contributed by atoms with E-state index in [1.54, 1.807) is 18.2 Å². The van der Waals surface area contributed by atoms with Crippen molar-refractivity contribution in [3.05, 3.63) is 83.8 Å². The van der Waals surface area contributed by atoms with Crippen LogP contribution >= 0.6 is 0 Å². The van der Waals surface area contributed by atoms with E-state index in [4.69, 9.17) is 4.42 Å². The first kappa shape index (κ1) is 18.2. The van der Waals surface area contributed by atoms with Crippen LogP contribution in [0.15, 0.2) is 71.3 Å². The number of hydrogen-bond donors (Lipinski definition) is 2. The highest BCUT2D eigenvalue weighted by Crippen LogP contribution is 2.32. The van der Waals surface area contributed by atoms with Crippen LogP contribution in [0.4, 0.5) is 24.5 Å². The van der Waals surface area contributed by atoms with E-state index in [0.717, 1.165) is 12.1 Å². The molecule has 1 heterocycles. The molecule has 138 valence electrons. The molecule has 5 nitrogen and oxygen atoms in total. The third-order valence-corrected chi connectivity index (χ3v) is 3.60. The molecule has 2 aromatic carbocycles. The van der Waals surface area contributed by atoms with Gasteiger partial charge in [-0.2, -0.15) is 13.2 Å². The van der Waals surface area contributed by atoms with Gasteiger partial charge in [-0.25, -0.2) is 0 Å². The molecule has 2 N–H and O–H groups in total. The van der Waals surface area contributed by atoms with Crippen LogP contribution in [0.25, 0.3) is 0 Å². The molecule has 0 bridgehead atoms. The molecule has 0 saturated heterocycles. The first-order chi connectivity index (χ1) is 12.8. The van der Waals surface area contributed by atoms with Crippen LogP contribution in [-0.4, -0.2) is 11.8 Å². The highest BCUT2D eigenvalue weighted by atomic mass is 19.4. The number of amides is 2. The predicted octanol–water partition coefficient (Wildman–Crippen LogP) is 4.80. The van der Waals surface area contributed by atoms with Gasteiger partial charge in [0.25, 0.3) is 11.8 Å². The van der Waals surface area contributed by atoms with E-state index >= 15 is 0 Å². The van der Waals surface area contributed by atoms with Gasteiger partial charge in [0, 0.05) is 11.4 Å². The third kappa shape index (κ3) is 4.35. The van der Waals surface area contributed by atoms with Crippen molar-refractivity contribution in [2.75, 3.05) is 10.6 Å². The Hall–Kier alpha value is -3.55. The van der Waals surface area contributed by atoms with Crippen LogP contribution in [0.5, 0.6) is 0 Å². The average Bonchev–Trinajstić information content (AvgIpc) is 3.16. The summed E-state index contributed by atoms with van der Waals surface area (Å²) in [5.74, 6) is -1.30. The third-order valence-electron chi connectivity index (χ3n) is 3.60. The lowest BCUT2D eigenvalue weighted by Crippen LogP contribution is -2.18. The van der Waals surface area contributed by atoms with Gasteiger partial charge in [-0.3, -0.25) is 9.59 Å². The molecule has 2 amide bonds. The molecule has 0 fully saturated rings. The molecular weight excluding hydrogens is 361 g/mol. The normalized spacial score (nSPS) is 11.1. The number of carbonyl (C=O) groups is 2. The summed E-state index contributed by atoms with van der Waals surface area (Å²) in [6.07, 6.45) is -3.30. The zero-order valence-corrected chi connectivity index (χ0v) is 13.7. The van der Waals surface area contributed by atoms with E-state index in [0.29, 0.717) is 5.69 Å². The van der Waals surface area contributed by atoms with Crippen LogP contribution in [0.3, 0.4) is 0 Å². The second kappa shape index (κ2) is 7.36. The molecule has 3 aromatic rings. The molecule has 0 unspecified atom stereocenters. The first-order valence-corrected chi connectivity index (χ1v) is 7.77. The van der Waals surface area contributed by atoms with Crippen LogP contribution in [0.1, 0.15) is 26.5 Å². The monoisotopic (exact) mass is 374 g/mol. The Morgan fingerprint density at radius 1 is 0.815 bits per heavy atom. The number of hydrogen-bond acceptors (Lipinski definition) is 3. The smallest absolute Gasteiger partial charge is 0.417 e. The van der Waals surface area contributed by atoms with E-state index < -0.39 is 29.1 Å². The molecular formula is C19H13F3N2O3. The van der Waals surface area contributed by atoms with E-state index in [9.17, 15) is 22.8 Å². The number of halogens is 3. The quantitative estimate of drug-likeness (QED) is 0.689. The summed E-state index contributed by atoms with van der Waals surface area (Å²) in [5.41, 5.74) is -0.938. The minimum absolute atomic E-state index is 0.101. The molecule has 27 heavy (non-hydrogen) atoms. The van der Waals surface area contributed by atoms with Crippen molar-refractivity contribution in [1.29, 1.82) is 0 Å². The van der Waals surface area contributed by atoms with E-state index in [2.05, 4.69) is 10.6 Å². The fourth-order valence-electron chi connectivity index (χ4n) is 2.40. The molecule has 0 atom stereocenters. The lowest BCUT2D eigenvalue weighted by atomic mass is 10.1. The van der Waals surface area contributed by atoms with Crippen LogP contribution in [0.2, 0.25) is 0 Å². The van der Waals surface area contributed by atoms with Gasteiger partial charge in [0.2, 0.25) is 0 Å². The van der Waals surface area contributed by atoms with Crippen molar-refractivity contribution in [2.45, 2.75) is 6.18 Å². The van der Waals surface area contributed by atoms with Gasteiger partial charge in [-0.05, 0) is 42.5 Å². The number of alkyl halides is 3. The number of carbonyl (C=O) groups excluding carboxylic acids is 2. The van der Waals surface area contributed by atoms with Crippen molar-refractivity contribution in [2.24, 2.45) is 0 Å². The second-order valence-electron chi connectivity index (χ2n) is 5.51. The molecule has 0 radical (unpaired) electrons. The van der Waals surface area contributed by atoms with Gasteiger partial charge < -0.3 is 15.1 Å². The maximum atomic E-state index is 13.1. The van der Waals surface area contributed by atoms with E-state index in [1.165, 1.54) is 36.6 Å². The number of nitrogens with one attached hydrogen (secondary N) is 2. The lowest BCUT2D eigenvalue weighted by Gasteiger charge is -2.13. The molecule has 0 aliphatic heterocycles. The van der Waals surface area contributed by atoms with Crippen LogP contribution < -0.4 is 10.6 Å². The number of anilines is 2. The van der Waals surface area contributed by atoms with Gasteiger partial charge in [-0.1, -0.05) is 18.2 Å². The maximum absolute atomic E-state index is 13.1. The van der Waals surface area contributed by atoms with Crippen molar-refractivity contribution in [3.8, 4) is 0 Å². The Bertz CT molecular complexity index is 966. The summed E-state index contributed by atoms with van der Waals surface area (Å²) >= 11 is 0. The topological polar surface area (TPSA) is 71.3 Å². The van der Waals surface area contributed by atoms with E-state index in [1.807, 2.05) is 0 Å². The van der Waals surface area contributed by atoms with Gasteiger partial charge >= 0.3 is 6.18 Å². The fraction of sp³-hybridized carbons (Fsp3) is 0.0526. The minimum atomic E-state index is -4.65. The Morgan fingerprint density at radius 3 is 2.11 bits per heavy atom. The summed E-state index contributed by atoms with van der Waals surface area (Å²) in [4.78, 5) is 24.3. The second-order valence-corrected chi connectivity index (χ2v) is 5.51. The predicted molar refractivity (Wildman–Crippen MR) is 92.5 cm³/mol. The molecule has 0 saturated carbocycles. The zero-order chi connectivity index (χ0) is 19.4. The van der Waals surface area contributed by atoms with Crippen molar-refractivity contribution >= 4 is 23.2 Å². The molecule has 1 aromatic heterocycles. The van der Waals surface area contributed by atoms with Gasteiger partial charge in [-0.15, -0.1) is 0 Å². The van der Waals surface area contributed by atoms with Gasteiger partial charge in [0.15, 0.2) is 5.76 Å². The summed E-state index contributed by atoms with van der Waals surface area (Å²) in [6, 6.07) is 13.6. The molecule has 0 spiro atoms. The molecule has 3 rings (SSSR count). The molecule has 0 aliphatic rings. The number of rotatable bonds is 4. The van der Waals surface area contributed by atoms with E-state index in [-0.39, 0.29) is 11.4 Å². The molecule has 8 heteroatoms. The van der Waals surface area contributed by atoms with Gasteiger partial charge in [0.05, 0.1) is 17.4 Å². The summed E-state index contributed by atoms with van der Waals surface area (Å²) < 4.78 is 44.1. The average molecular weight is 374 g/mol.